The smallest absolute Gasteiger partial charge is 0.0824 e. The molecule has 0 spiro atoms. The molecule has 0 saturated carbocycles. The van der Waals surface area contributed by atoms with E-state index in [1.54, 1.807) is 0 Å². The fourth-order valence-electron chi connectivity index (χ4n) is 3.30. The molecule has 1 atom stereocenters. The van der Waals surface area contributed by atoms with Crippen LogP contribution >= 0.6 is 0 Å². The second kappa shape index (κ2) is 5.68. The van der Waals surface area contributed by atoms with Crippen LogP contribution in [-0.4, -0.2) is 47.8 Å². The van der Waals surface area contributed by atoms with E-state index in [9.17, 15) is 5.11 Å². The number of rotatable bonds is 3. The zero-order chi connectivity index (χ0) is 12.3. The van der Waals surface area contributed by atoms with Crippen molar-refractivity contribution >= 4 is 0 Å². The van der Waals surface area contributed by atoms with Gasteiger partial charge in [-0.2, -0.15) is 0 Å². The van der Waals surface area contributed by atoms with Crippen LogP contribution in [0.2, 0.25) is 0 Å². The maximum absolute atomic E-state index is 10.8. The summed E-state index contributed by atoms with van der Waals surface area (Å²) in [5.41, 5.74) is -0.437. The lowest BCUT2D eigenvalue weighted by Gasteiger charge is -2.45. The quantitative estimate of drug-likeness (QED) is 0.787. The Bertz CT molecular complexity index is 228. The molecule has 100 valence electrons. The lowest BCUT2D eigenvalue weighted by molar-refractivity contribution is -0.0574. The topological polar surface area (TPSA) is 35.5 Å². The molecule has 2 aliphatic heterocycles. The lowest BCUT2D eigenvalue weighted by atomic mass is 9.80. The predicted octanol–water partition coefficient (Wildman–Crippen LogP) is 1.61. The van der Waals surface area contributed by atoms with Crippen molar-refractivity contribution in [3.05, 3.63) is 0 Å². The minimum absolute atomic E-state index is 0.345. The van der Waals surface area contributed by atoms with Crippen LogP contribution in [0.5, 0.6) is 0 Å². The first kappa shape index (κ1) is 13.3. The van der Waals surface area contributed by atoms with E-state index in [0.717, 1.165) is 44.8 Å². The second-order valence-corrected chi connectivity index (χ2v) is 6.30. The van der Waals surface area contributed by atoms with Crippen LogP contribution < -0.4 is 5.32 Å². The van der Waals surface area contributed by atoms with Gasteiger partial charge >= 0.3 is 0 Å². The van der Waals surface area contributed by atoms with E-state index < -0.39 is 5.60 Å². The molecule has 0 aromatic rings. The maximum Gasteiger partial charge on any atom is 0.0824 e. The number of nitrogens with zero attached hydrogens (tertiary/aromatic N) is 1. The molecular formula is C14H28N2O. The summed E-state index contributed by atoms with van der Waals surface area (Å²) >= 11 is 0. The van der Waals surface area contributed by atoms with Gasteiger partial charge in [-0.25, -0.2) is 0 Å². The Morgan fingerprint density at radius 1 is 1.29 bits per heavy atom. The summed E-state index contributed by atoms with van der Waals surface area (Å²) in [6.45, 7) is 8.92. The molecule has 17 heavy (non-hydrogen) atoms. The summed E-state index contributed by atoms with van der Waals surface area (Å²) in [4.78, 5) is 2.50. The second-order valence-electron chi connectivity index (χ2n) is 6.30. The van der Waals surface area contributed by atoms with Crippen LogP contribution in [0.1, 0.15) is 46.0 Å². The zero-order valence-electron chi connectivity index (χ0n) is 11.4. The van der Waals surface area contributed by atoms with Crippen LogP contribution in [0.4, 0.5) is 0 Å². The third-order valence-corrected chi connectivity index (χ3v) is 4.30. The number of hydrogen-bond acceptors (Lipinski definition) is 3. The van der Waals surface area contributed by atoms with Crippen molar-refractivity contribution in [3.63, 3.8) is 0 Å². The Morgan fingerprint density at radius 3 is 2.53 bits per heavy atom. The predicted molar refractivity (Wildman–Crippen MR) is 71.1 cm³/mol. The molecule has 3 nitrogen and oxygen atoms in total. The third-order valence-electron chi connectivity index (χ3n) is 4.30. The summed E-state index contributed by atoms with van der Waals surface area (Å²) in [6, 6.07) is 0.345. The fraction of sp³-hybridized carbons (Fsp3) is 1.00. The molecule has 2 saturated heterocycles. The third kappa shape index (κ3) is 3.43. The fourth-order valence-corrected chi connectivity index (χ4v) is 3.30. The number of hydrogen-bond donors (Lipinski definition) is 2. The van der Waals surface area contributed by atoms with Gasteiger partial charge in [-0.3, -0.25) is 0 Å². The summed E-state index contributed by atoms with van der Waals surface area (Å²) in [5, 5.41) is 14.3. The molecule has 2 N–H and O–H groups in total. The van der Waals surface area contributed by atoms with Crippen molar-refractivity contribution in [3.8, 4) is 0 Å². The Morgan fingerprint density at radius 2 is 2.00 bits per heavy atom. The highest BCUT2D eigenvalue weighted by Crippen LogP contribution is 2.30. The van der Waals surface area contributed by atoms with Crippen molar-refractivity contribution in [1.82, 2.24) is 10.2 Å². The average Bonchev–Trinajstić information content (AvgIpc) is 2.33. The van der Waals surface area contributed by atoms with Gasteiger partial charge in [-0.05, 0) is 38.1 Å². The normalized spacial score (nSPS) is 30.7. The monoisotopic (exact) mass is 240 g/mol. The van der Waals surface area contributed by atoms with E-state index in [4.69, 9.17) is 0 Å². The van der Waals surface area contributed by atoms with E-state index in [1.165, 1.54) is 19.4 Å². The highest BCUT2D eigenvalue weighted by Gasteiger charge is 2.39. The van der Waals surface area contributed by atoms with E-state index in [1.807, 2.05) is 0 Å². The minimum Gasteiger partial charge on any atom is -0.388 e. The maximum atomic E-state index is 10.8. The van der Waals surface area contributed by atoms with Crippen LogP contribution in [0.3, 0.4) is 0 Å². The lowest BCUT2D eigenvalue weighted by Crippen LogP contribution is -2.58. The molecule has 0 aliphatic carbocycles. The molecule has 3 heteroatoms. The van der Waals surface area contributed by atoms with Crippen LogP contribution in [0, 0.1) is 5.92 Å². The largest absolute Gasteiger partial charge is 0.388 e. The molecule has 0 radical (unpaired) electrons. The van der Waals surface area contributed by atoms with Gasteiger partial charge in [0.1, 0.15) is 0 Å². The molecule has 2 rings (SSSR count). The van der Waals surface area contributed by atoms with Crippen LogP contribution in [-0.2, 0) is 0 Å². The first-order valence-electron chi connectivity index (χ1n) is 7.28. The SMILES string of the molecule is CC(C)CN1CCC(O)(C2CCCCN2)CC1. The van der Waals surface area contributed by atoms with E-state index in [-0.39, 0.29) is 0 Å². The average molecular weight is 240 g/mol. The minimum atomic E-state index is -0.437. The van der Waals surface area contributed by atoms with Gasteiger partial charge in [-0.1, -0.05) is 20.3 Å². The molecule has 2 heterocycles. The van der Waals surface area contributed by atoms with E-state index >= 15 is 0 Å². The Kier molecular flexibility index (Phi) is 4.45. The number of piperidine rings is 2. The van der Waals surface area contributed by atoms with Crippen LogP contribution in [0.25, 0.3) is 0 Å². The summed E-state index contributed by atoms with van der Waals surface area (Å²) < 4.78 is 0. The van der Waals surface area contributed by atoms with Crippen molar-refractivity contribution < 1.29 is 5.11 Å². The first-order valence-corrected chi connectivity index (χ1v) is 7.28. The standard InChI is InChI=1S/C14H28N2O/c1-12(2)11-16-9-6-14(17,7-10-16)13-5-3-4-8-15-13/h12-13,15,17H,3-11H2,1-2H3. The summed E-state index contributed by atoms with van der Waals surface area (Å²) in [6.07, 6.45) is 5.58. The highest BCUT2D eigenvalue weighted by atomic mass is 16.3. The molecule has 0 amide bonds. The Balaban J connectivity index is 1.83. The summed E-state index contributed by atoms with van der Waals surface area (Å²) in [7, 11) is 0. The zero-order valence-corrected chi connectivity index (χ0v) is 11.4. The Labute approximate surface area is 106 Å². The molecule has 0 aromatic heterocycles. The van der Waals surface area contributed by atoms with E-state index in [0.29, 0.717) is 6.04 Å². The highest BCUT2D eigenvalue weighted by molar-refractivity contribution is 4.97. The Hall–Kier alpha value is -0.120. The van der Waals surface area contributed by atoms with Crippen molar-refractivity contribution in [2.24, 2.45) is 5.92 Å². The summed E-state index contributed by atoms with van der Waals surface area (Å²) in [5.74, 6) is 0.731. The molecule has 1 unspecified atom stereocenters. The van der Waals surface area contributed by atoms with Gasteiger partial charge in [-0.15, -0.1) is 0 Å². The molecule has 0 bridgehead atoms. The van der Waals surface area contributed by atoms with Gasteiger partial charge < -0.3 is 15.3 Å². The van der Waals surface area contributed by atoms with Gasteiger partial charge in [0.25, 0.3) is 0 Å². The van der Waals surface area contributed by atoms with Crippen molar-refractivity contribution in [2.45, 2.75) is 57.6 Å². The van der Waals surface area contributed by atoms with Gasteiger partial charge in [0.15, 0.2) is 0 Å². The van der Waals surface area contributed by atoms with Crippen molar-refractivity contribution in [2.75, 3.05) is 26.2 Å². The van der Waals surface area contributed by atoms with Crippen molar-refractivity contribution in [1.29, 1.82) is 0 Å². The molecular weight excluding hydrogens is 212 g/mol. The first-order chi connectivity index (χ1) is 8.10. The molecule has 2 aliphatic rings. The van der Waals surface area contributed by atoms with Gasteiger partial charge in [0.05, 0.1) is 5.60 Å². The van der Waals surface area contributed by atoms with Gasteiger partial charge in [0, 0.05) is 25.7 Å². The van der Waals surface area contributed by atoms with E-state index in [2.05, 4.69) is 24.1 Å². The molecule has 2 fully saturated rings. The number of aliphatic hydroxyl groups is 1. The van der Waals surface area contributed by atoms with Gasteiger partial charge in [0.2, 0.25) is 0 Å². The number of nitrogens with one attached hydrogen (secondary N) is 1. The molecule has 0 aromatic carbocycles. The van der Waals surface area contributed by atoms with Crippen LogP contribution in [0.15, 0.2) is 0 Å². The number of likely N-dealkylation sites (tertiary alicyclic amines) is 1.